The molecule has 0 saturated heterocycles. The molecule has 0 bridgehead atoms. The summed E-state index contributed by atoms with van der Waals surface area (Å²) >= 11 is 5.69. The average molecular weight is 261 g/mol. The number of hydroxylamine groups is 1. The molecule has 0 saturated carbocycles. The van der Waals surface area contributed by atoms with Crippen LogP contribution < -0.4 is 5.48 Å². The number of nitrogens with zero attached hydrogens (tertiary/aromatic N) is 1. The van der Waals surface area contributed by atoms with Crippen LogP contribution in [0, 0.1) is 10.1 Å². The lowest BCUT2D eigenvalue weighted by Gasteiger charge is -2.06. The van der Waals surface area contributed by atoms with Crippen LogP contribution in [0.3, 0.4) is 0 Å². The fraction of sp³-hybridized carbons (Fsp3) is 0.400. The molecule has 0 radical (unpaired) electrons. The summed E-state index contributed by atoms with van der Waals surface area (Å²) in [7, 11) is 1.56. The Morgan fingerprint density at radius 3 is 2.88 bits per heavy atom. The van der Waals surface area contributed by atoms with Crippen LogP contribution in [0.25, 0.3) is 0 Å². The van der Waals surface area contributed by atoms with Crippen molar-refractivity contribution in [1.82, 2.24) is 5.48 Å². The van der Waals surface area contributed by atoms with Crippen molar-refractivity contribution in [2.24, 2.45) is 0 Å². The van der Waals surface area contributed by atoms with Gasteiger partial charge in [0, 0.05) is 23.8 Å². The van der Waals surface area contributed by atoms with Gasteiger partial charge in [-0.2, -0.15) is 5.48 Å². The number of benzene rings is 1. The van der Waals surface area contributed by atoms with E-state index in [4.69, 9.17) is 21.2 Å². The summed E-state index contributed by atoms with van der Waals surface area (Å²) in [5.41, 5.74) is 3.11. The van der Waals surface area contributed by atoms with Crippen molar-refractivity contribution in [1.29, 1.82) is 0 Å². The number of ether oxygens (including phenoxy) is 1. The van der Waals surface area contributed by atoms with Crippen LogP contribution in [0.4, 0.5) is 5.69 Å². The van der Waals surface area contributed by atoms with Crippen molar-refractivity contribution in [3.05, 3.63) is 38.9 Å². The second-order valence-electron chi connectivity index (χ2n) is 3.19. The van der Waals surface area contributed by atoms with E-state index in [0.29, 0.717) is 23.8 Å². The van der Waals surface area contributed by atoms with Crippen molar-refractivity contribution in [3.8, 4) is 0 Å². The molecule has 0 aliphatic carbocycles. The van der Waals surface area contributed by atoms with Gasteiger partial charge in [-0.15, -0.1) is 0 Å². The van der Waals surface area contributed by atoms with Crippen LogP contribution in [-0.4, -0.2) is 25.2 Å². The highest BCUT2D eigenvalue weighted by molar-refractivity contribution is 6.30. The summed E-state index contributed by atoms with van der Waals surface area (Å²) in [6.45, 7) is 1.06. The summed E-state index contributed by atoms with van der Waals surface area (Å²) < 4.78 is 4.78. The first-order valence-electron chi connectivity index (χ1n) is 4.91. The molecule has 0 aliphatic heterocycles. The largest absolute Gasteiger partial charge is 0.382 e. The van der Waals surface area contributed by atoms with E-state index in [0.717, 1.165) is 0 Å². The Balaban J connectivity index is 2.55. The minimum atomic E-state index is -0.474. The molecule has 0 heterocycles. The number of halogens is 1. The molecule has 1 aromatic rings. The SMILES string of the molecule is COCCONCc1ccc(Cl)cc1[N+](=O)[O-]. The maximum atomic E-state index is 10.8. The Morgan fingerprint density at radius 1 is 1.47 bits per heavy atom. The topological polar surface area (TPSA) is 73.6 Å². The lowest BCUT2D eigenvalue weighted by atomic mass is 10.2. The van der Waals surface area contributed by atoms with Gasteiger partial charge in [0.2, 0.25) is 0 Å². The molecule has 94 valence electrons. The monoisotopic (exact) mass is 260 g/mol. The molecule has 17 heavy (non-hydrogen) atoms. The van der Waals surface area contributed by atoms with E-state index in [1.807, 2.05) is 0 Å². The van der Waals surface area contributed by atoms with E-state index in [1.54, 1.807) is 19.2 Å². The fourth-order valence-corrected chi connectivity index (χ4v) is 1.35. The molecule has 1 aromatic carbocycles. The maximum Gasteiger partial charge on any atom is 0.275 e. The van der Waals surface area contributed by atoms with Gasteiger partial charge in [-0.3, -0.25) is 15.0 Å². The maximum absolute atomic E-state index is 10.8. The number of nitrogens with one attached hydrogen (secondary N) is 1. The minimum Gasteiger partial charge on any atom is -0.382 e. The summed E-state index contributed by atoms with van der Waals surface area (Å²) in [5, 5.41) is 11.1. The Morgan fingerprint density at radius 2 is 2.24 bits per heavy atom. The van der Waals surface area contributed by atoms with E-state index < -0.39 is 4.92 Å². The zero-order valence-electron chi connectivity index (χ0n) is 9.31. The summed E-state index contributed by atoms with van der Waals surface area (Å²) in [6, 6.07) is 4.50. The highest BCUT2D eigenvalue weighted by atomic mass is 35.5. The first kappa shape index (κ1) is 13.9. The van der Waals surface area contributed by atoms with E-state index >= 15 is 0 Å². The normalized spacial score (nSPS) is 10.5. The van der Waals surface area contributed by atoms with Gasteiger partial charge >= 0.3 is 0 Å². The van der Waals surface area contributed by atoms with Gasteiger partial charge in [0.1, 0.15) is 0 Å². The zero-order valence-corrected chi connectivity index (χ0v) is 10.1. The van der Waals surface area contributed by atoms with Gasteiger partial charge in [0.05, 0.1) is 24.7 Å². The van der Waals surface area contributed by atoms with E-state index in [9.17, 15) is 10.1 Å². The molecule has 7 heteroatoms. The lowest BCUT2D eigenvalue weighted by molar-refractivity contribution is -0.385. The van der Waals surface area contributed by atoms with Crippen LogP contribution in [0.2, 0.25) is 5.02 Å². The summed E-state index contributed by atoms with van der Waals surface area (Å²) in [5.74, 6) is 0. The number of nitro groups is 1. The predicted molar refractivity (Wildman–Crippen MR) is 62.8 cm³/mol. The van der Waals surface area contributed by atoms with Crippen molar-refractivity contribution in [2.75, 3.05) is 20.3 Å². The van der Waals surface area contributed by atoms with Gasteiger partial charge in [0.25, 0.3) is 5.69 Å². The predicted octanol–water partition coefficient (Wildman–Crippen LogP) is 1.92. The zero-order chi connectivity index (χ0) is 12.7. The molecule has 0 unspecified atom stereocenters. The molecule has 0 aromatic heterocycles. The minimum absolute atomic E-state index is 0.0275. The van der Waals surface area contributed by atoms with Crippen LogP contribution in [0.15, 0.2) is 18.2 Å². The van der Waals surface area contributed by atoms with Crippen LogP contribution in [0.1, 0.15) is 5.56 Å². The first-order valence-corrected chi connectivity index (χ1v) is 5.29. The molecule has 1 rings (SSSR count). The molecule has 0 fully saturated rings. The average Bonchev–Trinajstić information content (AvgIpc) is 2.30. The second kappa shape index (κ2) is 7.18. The van der Waals surface area contributed by atoms with Gasteiger partial charge < -0.3 is 4.74 Å². The number of methoxy groups -OCH3 is 1. The molecule has 0 amide bonds. The number of rotatable bonds is 7. The third-order valence-corrected chi connectivity index (χ3v) is 2.23. The third-order valence-electron chi connectivity index (χ3n) is 2.00. The van der Waals surface area contributed by atoms with E-state index in [2.05, 4.69) is 5.48 Å². The highest BCUT2D eigenvalue weighted by Crippen LogP contribution is 2.22. The molecule has 1 N–H and O–H groups in total. The Kier molecular flexibility index (Phi) is 5.85. The van der Waals surface area contributed by atoms with Crippen molar-refractivity contribution >= 4 is 17.3 Å². The molecule has 0 atom stereocenters. The lowest BCUT2D eigenvalue weighted by Crippen LogP contribution is -2.17. The van der Waals surface area contributed by atoms with Crippen LogP contribution >= 0.6 is 11.6 Å². The van der Waals surface area contributed by atoms with Gasteiger partial charge in [0.15, 0.2) is 0 Å². The van der Waals surface area contributed by atoms with Crippen molar-refractivity contribution < 1.29 is 14.5 Å². The first-order chi connectivity index (χ1) is 8.15. The Labute approximate surface area is 104 Å². The number of nitro benzene ring substituents is 1. The van der Waals surface area contributed by atoms with Gasteiger partial charge in [-0.1, -0.05) is 11.6 Å². The standard InChI is InChI=1S/C10H13ClN2O4/c1-16-4-5-17-12-7-8-2-3-9(11)6-10(8)13(14)15/h2-3,6,12H,4-5,7H2,1H3. The number of hydrogen-bond donors (Lipinski definition) is 1. The number of hydrogen-bond acceptors (Lipinski definition) is 5. The van der Waals surface area contributed by atoms with E-state index in [1.165, 1.54) is 6.07 Å². The van der Waals surface area contributed by atoms with Crippen molar-refractivity contribution in [2.45, 2.75) is 6.54 Å². The second-order valence-corrected chi connectivity index (χ2v) is 3.63. The van der Waals surface area contributed by atoms with Crippen LogP contribution in [0.5, 0.6) is 0 Å². The molecular formula is C10H13ClN2O4. The molecule has 6 nitrogen and oxygen atoms in total. The van der Waals surface area contributed by atoms with Crippen molar-refractivity contribution in [3.63, 3.8) is 0 Å². The Hall–Kier alpha value is -1.21. The third kappa shape index (κ3) is 4.66. The highest BCUT2D eigenvalue weighted by Gasteiger charge is 2.13. The summed E-state index contributed by atoms with van der Waals surface area (Å²) in [4.78, 5) is 15.3. The Bertz CT molecular complexity index is 387. The quantitative estimate of drug-likeness (QED) is 0.461. The van der Waals surface area contributed by atoms with Gasteiger partial charge in [-0.25, -0.2) is 0 Å². The smallest absolute Gasteiger partial charge is 0.275 e. The molecule has 0 spiro atoms. The molecule has 0 aliphatic rings. The molecular weight excluding hydrogens is 248 g/mol. The van der Waals surface area contributed by atoms with Crippen LogP contribution in [-0.2, 0) is 16.1 Å². The summed E-state index contributed by atoms with van der Waals surface area (Å²) in [6.07, 6.45) is 0. The van der Waals surface area contributed by atoms with Gasteiger partial charge in [-0.05, 0) is 12.1 Å². The van der Waals surface area contributed by atoms with E-state index in [-0.39, 0.29) is 12.2 Å². The fourth-order valence-electron chi connectivity index (χ4n) is 1.18.